The van der Waals surface area contributed by atoms with Crippen molar-refractivity contribution in [2.75, 3.05) is 0 Å². The van der Waals surface area contributed by atoms with Gasteiger partial charge in [0.1, 0.15) is 6.04 Å². The molecule has 1 unspecified atom stereocenters. The van der Waals surface area contributed by atoms with Gasteiger partial charge in [-0.2, -0.15) is 12.6 Å². The third-order valence-corrected chi connectivity index (χ3v) is 2.06. The molecule has 0 radical (unpaired) electrons. The summed E-state index contributed by atoms with van der Waals surface area (Å²) in [4.78, 5) is 10.4. The lowest BCUT2D eigenvalue weighted by molar-refractivity contribution is -0.138. The lowest BCUT2D eigenvalue weighted by Gasteiger charge is -2.00. The first kappa shape index (κ1) is 9.35. The van der Waals surface area contributed by atoms with E-state index in [9.17, 15) is 4.79 Å². The average Bonchev–Trinajstić information content (AvgIpc) is 2.78. The van der Waals surface area contributed by atoms with Crippen LogP contribution in [0, 0.1) is 5.92 Å². The van der Waals surface area contributed by atoms with Crippen molar-refractivity contribution in [3.8, 4) is 0 Å². The van der Waals surface area contributed by atoms with E-state index in [1.165, 1.54) is 0 Å². The minimum absolute atomic E-state index is 0.0343. The summed E-state index contributed by atoms with van der Waals surface area (Å²) < 4.78 is 0. The van der Waals surface area contributed by atoms with Gasteiger partial charge in [0.05, 0.1) is 0 Å². The van der Waals surface area contributed by atoms with E-state index in [4.69, 9.17) is 10.8 Å². The summed E-state index contributed by atoms with van der Waals surface area (Å²) >= 11 is 3.87. The SMILES string of the molecule is N[C@H](C(=O)O)C1C/C1=C\C=C/S. The first-order valence-corrected chi connectivity index (χ1v) is 4.16. The quantitative estimate of drug-likeness (QED) is 0.569. The largest absolute Gasteiger partial charge is 0.480 e. The van der Waals surface area contributed by atoms with Crippen molar-refractivity contribution in [1.82, 2.24) is 0 Å². The Bertz CT molecular complexity index is 247. The lowest BCUT2D eigenvalue weighted by Crippen LogP contribution is -2.32. The first-order valence-electron chi connectivity index (χ1n) is 3.65. The molecule has 1 aliphatic carbocycles. The molecule has 4 heteroatoms. The van der Waals surface area contributed by atoms with Crippen molar-refractivity contribution in [2.24, 2.45) is 11.7 Å². The summed E-state index contributed by atoms with van der Waals surface area (Å²) in [5.41, 5.74) is 6.49. The molecule has 0 aromatic carbocycles. The summed E-state index contributed by atoms with van der Waals surface area (Å²) in [6.07, 6.45) is 4.43. The maximum atomic E-state index is 10.4. The number of aliphatic carboxylic acids is 1. The Balaban J connectivity index is 2.47. The molecule has 66 valence electrons. The number of nitrogens with two attached hydrogens (primary N) is 1. The Labute approximate surface area is 76.4 Å². The van der Waals surface area contributed by atoms with Gasteiger partial charge in [0.2, 0.25) is 0 Å². The lowest BCUT2D eigenvalue weighted by atomic mass is 10.2. The number of hydrogen-bond donors (Lipinski definition) is 3. The van der Waals surface area contributed by atoms with Crippen LogP contribution in [0.2, 0.25) is 0 Å². The number of carboxylic acid groups (broad SMARTS) is 1. The van der Waals surface area contributed by atoms with Crippen LogP contribution in [0.3, 0.4) is 0 Å². The molecule has 0 aliphatic heterocycles. The van der Waals surface area contributed by atoms with Crippen LogP contribution in [0.1, 0.15) is 6.42 Å². The second-order valence-corrected chi connectivity index (χ2v) is 3.06. The molecule has 0 bridgehead atoms. The van der Waals surface area contributed by atoms with Gasteiger partial charge in [0.15, 0.2) is 0 Å². The fraction of sp³-hybridized carbons (Fsp3) is 0.375. The molecule has 3 nitrogen and oxygen atoms in total. The number of hydrogen-bond acceptors (Lipinski definition) is 3. The number of rotatable bonds is 3. The van der Waals surface area contributed by atoms with Crippen LogP contribution in [-0.2, 0) is 4.79 Å². The average molecular weight is 185 g/mol. The zero-order valence-corrected chi connectivity index (χ0v) is 7.37. The molecule has 1 rings (SSSR count). The molecule has 0 spiro atoms. The predicted molar refractivity (Wildman–Crippen MR) is 49.9 cm³/mol. The van der Waals surface area contributed by atoms with Crippen molar-refractivity contribution in [2.45, 2.75) is 12.5 Å². The molecule has 1 fully saturated rings. The van der Waals surface area contributed by atoms with Gasteiger partial charge in [0, 0.05) is 5.92 Å². The molecular weight excluding hydrogens is 174 g/mol. The van der Waals surface area contributed by atoms with Crippen LogP contribution in [0.5, 0.6) is 0 Å². The first-order chi connectivity index (χ1) is 5.66. The van der Waals surface area contributed by atoms with Crippen LogP contribution >= 0.6 is 12.6 Å². The molecule has 0 aromatic rings. The van der Waals surface area contributed by atoms with Crippen LogP contribution in [0.15, 0.2) is 23.1 Å². The highest BCUT2D eigenvalue weighted by Gasteiger charge is 2.38. The molecule has 12 heavy (non-hydrogen) atoms. The van der Waals surface area contributed by atoms with Gasteiger partial charge in [-0.25, -0.2) is 0 Å². The minimum Gasteiger partial charge on any atom is -0.480 e. The molecule has 0 saturated heterocycles. The van der Waals surface area contributed by atoms with E-state index in [1.807, 2.05) is 6.08 Å². The normalized spacial score (nSPS) is 27.8. The summed E-state index contributed by atoms with van der Waals surface area (Å²) in [6, 6.07) is -0.746. The van der Waals surface area contributed by atoms with Crippen molar-refractivity contribution in [3.63, 3.8) is 0 Å². The Morgan fingerprint density at radius 1 is 1.83 bits per heavy atom. The predicted octanol–water partition coefficient (Wildman–Crippen LogP) is 0.788. The molecule has 3 N–H and O–H groups in total. The highest BCUT2D eigenvalue weighted by molar-refractivity contribution is 7.83. The standard InChI is InChI=1S/C8H11NO2S/c9-7(8(10)11)6-4-5(6)2-1-3-12/h1-3,6-7,12H,4,9H2,(H,10,11)/b3-1-,5-2+/t6?,7-/m0/s1. The number of allylic oxidation sites excluding steroid dienone is 2. The van der Waals surface area contributed by atoms with Gasteiger partial charge in [-0.1, -0.05) is 17.7 Å². The van der Waals surface area contributed by atoms with Crippen LogP contribution in [0.4, 0.5) is 0 Å². The highest BCUT2D eigenvalue weighted by atomic mass is 32.1. The second-order valence-electron chi connectivity index (χ2n) is 2.76. The monoisotopic (exact) mass is 185 g/mol. The fourth-order valence-electron chi connectivity index (χ4n) is 1.08. The number of carbonyl (C=O) groups is 1. The van der Waals surface area contributed by atoms with E-state index in [2.05, 4.69) is 12.6 Å². The van der Waals surface area contributed by atoms with Crippen molar-refractivity contribution in [1.29, 1.82) is 0 Å². The number of thiol groups is 1. The zero-order valence-electron chi connectivity index (χ0n) is 6.47. The molecule has 0 amide bonds. The minimum atomic E-state index is -0.932. The van der Waals surface area contributed by atoms with Gasteiger partial charge < -0.3 is 10.8 Å². The Morgan fingerprint density at radius 2 is 2.50 bits per heavy atom. The van der Waals surface area contributed by atoms with Gasteiger partial charge in [-0.15, -0.1) is 0 Å². The van der Waals surface area contributed by atoms with E-state index in [0.29, 0.717) is 0 Å². The van der Waals surface area contributed by atoms with E-state index in [-0.39, 0.29) is 5.92 Å². The van der Waals surface area contributed by atoms with Crippen molar-refractivity contribution >= 4 is 18.6 Å². The molecule has 1 saturated carbocycles. The zero-order chi connectivity index (χ0) is 9.14. The molecular formula is C8H11NO2S. The van der Waals surface area contributed by atoms with E-state index in [0.717, 1.165) is 12.0 Å². The number of carboxylic acids is 1. The molecule has 1 aliphatic rings. The third kappa shape index (κ3) is 2.12. The van der Waals surface area contributed by atoms with Crippen LogP contribution in [-0.4, -0.2) is 17.1 Å². The highest BCUT2D eigenvalue weighted by Crippen LogP contribution is 2.39. The Kier molecular flexibility index (Phi) is 2.94. The van der Waals surface area contributed by atoms with E-state index in [1.54, 1.807) is 11.5 Å². The van der Waals surface area contributed by atoms with E-state index < -0.39 is 12.0 Å². The van der Waals surface area contributed by atoms with Gasteiger partial charge in [-0.3, -0.25) is 4.79 Å². The van der Waals surface area contributed by atoms with Crippen molar-refractivity contribution < 1.29 is 9.90 Å². The van der Waals surface area contributed by atoms with E-state index >= 15 is 0 Å². The molecule has 0 aromatic heterocycles. The van der Waals surface area contributed by atoms with Gasteiger partial charge >= 0.3 is 5.97 Å². The maximum Gasteiger partial charge on any atom is 0.321 e. The second kappa shape index (κ2) is 3.78. The van der Waals surface area contributed by atoms with Crippen LogP contribution < -0.4 is 5.73 Å². The van der Waals surface area contributed by atoms with Crippen LogP contribution in [0.25, 0.3) is 0 Å². The van der Waals surface area contributed by atoms with Crippen molar-refractivity contribution in [3.05, 3.63) is 23.1 Å². The third-order valence-electron chi connectivity index (χ3n) is 1.89. The maximum absolute atomic E-state index is 10.4. The summed E-state index contributed by atoms with van der Waals surface area (Å²) in [5.74, 6) is -0.898. The Hall–Kier alpha value is -0.740. The smallest absolute Gasteiger partial charge is 0.321 e. The Morgan fingerprint density at radius 3 is 3.00 bits per heavy atom. The molecule has 2 atom stereocenters. The topological polar surface area (TPSA) is 63.3 Å². The van der Waals surface area contributed by atoms with Gasteiger partial charge in [-0.05, 0) is 11.8 Å². The fourth-order valence-corrected chi connectivity index (χ4v) is 1.17. The molecule has 0 heterocycles. The summed E-state index contributed by atoms with van der Waals surface area (Å²) in [6.45, 7) is 0. The summed E-state index contributed by atoms with van der Waals surface area (Å²) in [5, 5.41) is 10.2. The summed E-state index contributed by atoms with van der Waals surface area (Å²) in [7, 11) is 0. The van der Waals surface area contributed by atoms with Gasteiger partial charge in [0.25, 0.3) is 0 Å².